The van der Waals surface area contributed by atoms with Crippen LogP contribution in [0, 0.1) is 17.7 Å². The van der Waals surface area contributed by atoms with Gasteiger partial charge < -0.3 is 4.90 Å². The number of aromatic nitrogens is 2. The van der Waals surface area contributed by atoms with Crippen LogP contribution in [0.2, 0.25) is 5.02 Å². The maximum atomic E-state index is 15.1. The van der Waals surface area contributed by atoms with E-state index in [0.29, 0.717) is 11.1 Å². The predicted molar refractivity (Wildman–Crippen MR) is 120 cm³/mol. The number of benzene rings is 2. The van der Waals surface area contributed by atoms with E-state index >= 15 is 4.39 Å². The van der Waals surface area contributed by atoms with Crippen molar-refractivity contribution in [3.05, 3.63) is 82.4 Å². The number of amides is 3. The molecule has 1 saturated heterocycles. The van der Waals surface area contributed by atoms with Gasteiger partial charge in [0.1, 0.15) is 11.5 Å². The highest BCUT2D eigenvalue weighted by molar-refractivity contribution is 6.35. The predicted octanol–water partition coefficient (Wildman–Crippen LogP) is 4.32. The van der Waals surface area contributed by atoms with Crippen molar-refractivity contribution in [2.75, 3.05) is 11.9 Å². The Kier molecular flexibility index (Phi) is 5.49. The normalized spacial score (nSPS) is 18.5. The third-order valence-corrected chi connectivity index (χ3v) is 5.94. The van der Waals surface area contributed by atoms with Crippen molar-refractivity contribution < 1.29 is 14.0 Å². The van der Waals surface area contributed by atoms with E-state index in [1.807, 2.05) is 30.3 Å². The zero-order valence-electron chi connectivity index (χ0n) is 17.8. The van der Waals surface area contributed by atoms with Gasteiger partial charge in [0.2, 0.25) is 5.91 Å². The summed E-state index contributed by atoms with van der Waals surface area (Å²) in [6.07, 6.45) is 3.31. The van der Waals surface area contributed by atoms with Gasteiger partial charge in [0.25, 0.3) is 0 Å². The fourth-order valence-electron chi connectivity index (χ4n) is 3.69. The van der Waals surface area contributed by atoms with Crippen molar-refractivity contribution >= 4 is 29.2 Å². The maximum absolute atomic E-state index is 15.1. The molecule has 1 aliphatic rings. The zero-order valence-corrected chi connectivity index (χ0v) is 18.5. The van der Waals surface area contributed by atoms with Crippen molar-refractivity contribution in [2.24, 2.45) is 7.05 Å². The topological polar surface area (TPSA) is 58.4 Å². The van der Waals surface area contributed by atoms with Gasteiger partial charge >= 0.3 is 6.03 Å². The Morgan fingerprint density at radius 2 is 1.78 bits per heavy atom. The Morgan fingerprint density at radius 3 is 2.41 bits per heavy atom. The molecular formula is C24H20ClFN4O2. The molecule has 1 atom stereocenters. The Balaban J connectivity index is 1.67. The SMILES string of the molecule is CN1C(=O)N(c2c(F)cc(C#Cc3ccccc3)cc2Cl)C(=O)C[C@@]1(C)c1cnn(C)c1. The van der Waals surface area contributed by atoms with Crippen LogP contribution in [0.4, 0.5) is 14.9 Å². The number of aryl methyl sites for hydroxylation is 1. The average Bonchev–Trinajstić information content (AvgIpc) is 3.20. The summed E-state index contributed by atoms with van der Waals surface area (Å²) in [5, 5.41) is 4.07. The van der Waals surface area contributed by atoms with Crippen LogP contribution in [0.25, 0.3) is 0 Å². The molecule has 0 saturated carbocycles. The quantitative estimate of drug-likeness (QED) is 0.546. The second kappa shape index (κ2) is 8.13. The minimum Gasteiger partial charge on any atom is -0.317 e. The van der Waals surface area contributed by atoms with Gasteiger partial charge in [0, 0.05) is 37.0 Å². The Labute approximate surface area is 190 Å². The zero-order chi connectivity index (χ0) is 23.0. The molecule has 1 aromatic heterocycles. The lowest BCUT2D eigenvalue weighted by Crippen LogP contribution is -2.60. The van der Waals surface area contributed by atoms with Crippen LogP contribution in [0.5, 0.6) is 0 Å². The smallest absolute Gasteiger partial charge is 0.317 e. The van der Waals surface area contributed by atoms with Gasteiger partial charge in [0.15, 0.2) is 0 Å². The molecule has 1 fully saturated rings. The molecule has 0 radical (unpaired) electrons. The molecule has 162 valence electrons. The minimum absolute atomic E-state index is 0.0493. The van der Waals surface area contributed by atoms with Crippen LogP contribution in [0.1, 0.15) is 30.0 Å². The van der Waals surface area contributed by atoms with Crippen LogP contribution in [-0.4, -0.2) is 33.7 Å². The maximum Gasteiger partial charge on any atom is 0.331 e. The van der Waals surface area contributed by atoms with Crippen LogP contribution in [-0.2, 0) is 17.4 Å². The number of imide groups is 1. The Bertz CT molecular complexity index is 1250. The van der Waals surface area contributed by atoms with E-state index < -0.39 is 23.3 Å². The van der Waals surface area contributed by atoms with Crippen molar-refractivity contribution in [3.8, 4) is 11.8 Å². The molecule has 2 heterocycles. The molecule has 32 heavy (non-hydrogen) atoms. The highest BCUT2D eigenvalue weighted by atomic mass is 35.5. The van der Waals surface area contributed by atoms with Crippen molar-refractivity contribution in [2.45, 2.75) is 18.9 Å². The van der Waals surface area contributed by atoms with Gasteiger partial charge in [-0.1, -0.05) is 41.6 Å². The van der Waals surface area contributed by atoms with Crippen molar-refractivity contribution in [3.63, 3.8) is 0 Å². The number of carbonyl (C=O) groups excluding carboxylic acids is 2. The first-order valence-corrected chi connectivity index (χ1v) is 10.2. The van der Waals surface area contributed by atoms with Gasteiger partial charge in [-0.3, -0.25) is 9.48 Å². The molecule has 0 aliphatic carbocycles. The first-order valence-electron chi connectivity index (χ1n) is 9.86. The number of carbonyl (C=O) groups is 2. The molecule has 0 N–H and O–H groups in total. The fourth-order valence-corrected chi connectivity index (χ4v) is 3.98. The number of nitrogens with zero attached hydrogens (tertiary/aromatic N) is 4. The van der Waals surface area contributed by atoms with Gasteiger partial charge in [-0.15, -0.1) is 0 Å². The van der Waals surface area contributed by atoms with E-state index in [4.69, 9.17) is 11.6 Å². The molecule has 2 aromatic carbocycles. The van der Waals surface area contributed by atoms with Crippen LogP contribution in [0.3, 0.4) is 0 Å². The second-order valence-corrected chi connectivity index (χ2v) is 8.24. The number of urea groups is 1. The first-order chi connectivity index (χ1) is 15.2. The lowest BCUT2D eigenvalue weighted by atomic mass is 9.87. The largest absolute Gasteiger partial charge is 0.331 e. The lowest BCUT2D eigenvalue weighted by molar-refractivity contribution is -0.122. The summed E-state index contributed by atoms with van der Waals surface area (Å²) in [4.78, 5) is 28.4. The third-order valence-electron chi connectivity index (χ3n) is 5.66. The van der Waals surface area contributed by atoms with Gasteiger partial charge in [-0.05, 0) is 31.2 Å². The van der Waals surface area contributed by atoms with Gasteiger partial charge in [-0.2, -0.15) is 5.10 Å². The van der Waals surface area contributed by atoms with E-state index in [1.54, 1.807) is 38.1 Å². The highest BCUT2D eigenvalue weighted by Gasteiger charge is 2.48. The molecular weight excluding hydrogens is 431 g/mol. The second-order valence-electron chi connectivity index (χ2n) is 7.83. The van der Waals surface area contributed by atoms with Crippen molar-refractivity contribution in [1.82, 2.24) is 14.7 Å². The summed E-state index contributed by atoms with van der Waals surface area (Å²) in [6.45, 7) is 1.78. The van der Waals surface area contributed by atoms with E-state index in [-0.39, 0.29) is 17.1 Å². The summed E-state index contributed by atoms with van der Waals surface area (Å²) >= 11 is 6.33. The molecule has 6 nitrogen and oxygen atoms in total. The lowest BCUT2D eigenvalue weighted by Gasteiger charge is -2.45. The number of anilines is 1. The van der Waals surface area contributed by atoms with Crippen LogP contribution < -0.4 is 4.90 Å². The fraction of sp³-hybridized carbons (Fsp3) is 0.208. The van der Waals surface area contributed by atoms with Crippen LogP contribution in [0.15, 0.2) is 54.9 Å². The number of halogens is 2. The molecule has 1 aliphatic heterocycles. The Morgan fingerprint density at radius 1 is 1.09 bits per heavy atom. The number of hydrogen-bond acceptors (Lipinski definition) is 3. The third kappa shape index (κ3) is 3.74. The van der Waals surface area contributed by atoms with E-state index in [9.17, 15) is 9.59 Å². The van der Waals surface area contributed by atoms with E-state index in [1.165, 1.54) is 17.0 Å². The minimum atomic E-state index is -0.914. The summed E-state index contributed by atoms with van der Waals surface area (Å²) in [6, 6.07) is 11.2. The molecule has 4 rings (SSSR count). The number of rotatable bonds is 2. The average molecular weight is 451 g/mol. The number of hydrogen-bond donors (Lipinski definition) is 0. The Hall–Kier alpha value is -3.63. The van der Waals surface area contributed by atoms with Crippen molar-refractivity contribution in [1.29, 1.82) is 0 Å². The summed E-state index contributed by atoms with van der Waals surface area (Å²) < 4.78 is 16.7. The molecule has 0 bridgehead atoms. The van der Waals surface area contributed by atoms with Gasteiger partial charge in [0.05, 0.1) is 23.2 Å². The van der Waals surface area contributed by atoms with E-state index in [2.05, 4.69) is 16.9 Å². The first kappa shape index (κ1) is 21.6. The molecule has 0 spiro atoms. The summed E-state index contributed by atoms with van der Waals surface area (Å²) in [5.74, 6) is 4.44. The standard InChI is InChI=1S/C24H20ClFN4O2/c1-24(18-14-27-28(2)15-18)13-21(31)30(23(32)29(24)3)22-19(25)11-17(12-20(22)26)10-9-16-7-5-4-6-8-16/h4-8,11-12,14-15H,13H2,1-3H3/t24-/m0/s1. The summed E-state index contributed by atoms with van der Waals surface area (Å²) in [5.41, 5.74) is 0.633. The summed E-state index contributed by atoms with van der Waals surface area (Å²) in [7, 11) is 3.32. The van der Waals surface area contributed by atoms with Crippen LogP contribution >= 0.6 is 11.6 Å². The monoisotopic (exact) mass is 450 g/mol. The highest BCUT2D eigenvalue weighted by Crippen LogP contribution is 2.40. The molecule has 8 heteroatoms. The van der Waals surface area contributed by atoms with Gasteiger partial charge in [-0.25, -0.2) is 14.1 Å². The molecule has 3 amide bonds. The molecule has 0 unspecified atom stereocenters. The molecule has 3 aromatic rings. The van der Waals surface area contributed by atoms with E-state index in [0.717, 1.165) is 10.5 Å².